The molecule has 3 nitrogen and oxygen atoms in total. The molecule has 0 aliphatic heterocycles. The predicted octanol–water partition coefficient (Wildman–Crippen LogP) is -2.83. The van der Waals surface area contributed by atoms with Gasteiger partial charge in [0.15, 0.2) is 6.54 Å². The van der Waals surface area contributed by atoms with Crippen LogP contribution in [0.2, 0.25) is 0 Å². The summed E-state index contributed by atoms with van der Waals surface area (Å²) in [6.07, 6.45) is 0. The molecule has 10 heavy (non-hydrogen) atoms. The first-order chi connectivity index (χ1) is 3.98. The number of nitrogens with zero attached hydrogens (tertiary/aromatic N) is 1. The molecule has 0 aromatic carbocycles. The maximum Gasteiger partial charge on any atom is 0.359 e. The lowest BCUT2D eigenvalue weighted by Crippen LogP contribution is -3.00. The van der Waals surface area contributed by atoms with Gasteiger partial charge in [-0.1, -0.05) is 0 Å². The Bertz CT molecular complexity index is 114. The number of aliphatic carboxylic acids is 1. The quantitative estimate of drug-likeness (QED) is 0.461. The summed E-state index contributed by atoms with van der Waals surface area (Å²) in [7, 11) is 3.79. The van der Waals surface area contributed by atoms with Crippen molar-refractivity contribution in [2.75, 3.05) is 27.2 Å². The van der Waals surface area contributed by atoms with Crippen LogP contribution in [0.1, 0.15) is 6.92 Å². The lowest BCUT2D eigenvalue weighted by molar-refractivity contribution is -0.881. The minimum atomic E-state index is -0.734. The van der Waals surface area contributed by atoms with Crippen molar-refractivity contribution in [1.82, 2.24) is 0 Å². The molecular formula is C6H14ClNO2. The molecule has 0 heterocycles. The summed E-state index contributed by atoms with van der Waals surface area (Å²) >= 11 is 0. The fraction of sp³-hybridized carbons (Fsp3) is 0.833. The Labute approximate surface area is 67.6 Å². The van der Waals surface area contributed by atoms with E-state index in [0.717, 1.165) is 6.54 Å². The predicted molar refractivity (Wildman–Crippen MR) is 35.2 cm³/mol. The van der Waals surface area contributed by atoms with Gasteiger partial charge in [0.05, 0.1) is 20.6 Å². The van der Waals surface area contributed by atoms with E-state index < -0.39 is 5.97 Å². The molecular weight excluding hydrogens is 154 g/mol. The molecule has 0 fully saturated rings. The van der Waals surface area contributed by atoms with Crippen molar-refractivity contribution in [3.05, 3.63) is 0 Å². The molecule has 0 unspecified atom stereocenters. The third-order valence-corrected chi connectivity index (χ3v) is 1.42. The Morgan fingerprint density at radius 3 is 2.00 bits per heavy atom. The molecule has 0 amide bonds. The van der Waals surface area contributed by atoms with Crippen LogP contribution in [0.15, 0.2) is 0 Å². The molecule has 0 saturated carbocycles. The van der Waals surface area contributed by atoms with Crippen LogP contribution in [0.5, 0.6) is 0 Å². The van der Waals surface area contributed by atoms with Crippen LogP contribution in [0.3, 0.4) is 0 Å². The monoisotopic (exact) mass is 167 g/mol. The molecule has 0 aliphatic carbocycles. The van der Waals surface area contributed by atoms with Crippen molar-refractivity contribution >= 4 is 5.97 Å². The SMILES string of the molecule is CC[N+](C)(C)CC(=O)O.[Cl-]. The van der Waals surface area contributed by atoms with Gasteiger partial charge in [-0.15, -0.1) is 0 Å². The largest absolute Gasteiger partial charge is 1.00 e. The summed E-state index contributed by atoms with van der Waals surface area (Å²) in [5, 5.41) is 8.36. The van der Waals surface area contributed by atoms with Crippen LogP contribution < -0.4 is 12.4 Å². The second-order valence-electron chi connectivity index (χ2n) is 2.80. The zero-order valence-electron chi connectivity index (χ0n) is 6.59. The third-order valence-electron chi connectivity index (χ3n) is 1.42. The van der Waals surface area contributed by atoms with Crippen LogP contribution >= 0.6 is 0 Å². The van der Waals surface area contributed by atoms with Crippen LogP contribution in [0.4, 0.5) is 0 Å². The fourth-order valence-corrected chi connectivity index (χ4v) is 0.478. The van der Waals surface area contributed by atoms with Gasteiger partial charge in [-0.05, 0) is 6.92 Å². The highest BCUT2D eigenvalue weighted by Crippen LogP contribution is 1.93. The van der Waals surface area contributed by atoms with E-state index in [0.29, 0.717) is 4.48 Å². The topological polar surface area (TPSA) is 37.3 Å². The number of likely N-dealkylation sites (N-methyl/N-ethyl adjacent to an activating group) is 1. The highest BCUT2D eigenvalue weighted by molar-refractivity contribution is 5.67. The van der Waals surface area contributed by atoms with Crippen molar-refractivity contribution in [3.63, 3.8) is 0 Å². The smallest absolute Gasteiger partial charge is 0.359 e. The van der Waals surface area contributed by atoms with Crippen molar-refractivity contribution < 1.29 is 26.8 Å². The molecule has 4 heteroatoms. The summed E-state index contributed by atoms with van der Waals surface area (Å²) in [4.78, 5) is 10.2. The van der Waals surface area contributed by atoms with Crippen LogP contribution in [-0.4, -0.2) is 42.7 Å². The van der Waals surface area contributed by atoms with E-state index in [1.807, 2.05) is 21.0 Å². The summed E-state index contributed by atoms with van der Waals surface area (Å²) < 4.78 is 0.551. The van der Waals surface area contributed by atoms with E-state index in [-0.39, 0.29) is 19.0 Å². The molecule has 1 N–H and O–H groups in total. The first kappa shape index (κ1) is 12.4. The molecule has 0 atom stereocenters. The van der Waals surface area contributed by atoms with Gasteiger partial charge in [0.25, 0.3) is 0 Å². The van der Waals surface area contributed by atoms with E-state index in [1.165, 1.54) is 0 Å². The Balaban J connectivity index is 0. The summed E-state index contributed by atoms with van der Waals surface area (Å²) in [6, 6.07) is 0. The Morgan fingerprint density at radius 2 is 1.90 bits per heavy atom. The molecule has 0 aromatic rings. The van der Waals surface area contributed by atoms with Crippen LogP contribution in [-0.2, 0) is 4.79 Å². The number of hydrogen-bond acceptors (Lipinski definition) is 1. The molecule has 0 saturated heterocycles. The highest BCUT2D eigenvalue weighted by atomic mass is 35.5. The molecule has 0 rings (SSSR count). The first-order valence-electron chi connectivity index (χ1n) is 3.02. The van der Waals surface area contributed by atoms with Gasteiger partial charge in [-0.3, -0.25) is 0 Å². The molecule has 0 radical (unpaired) electrons. The Kier molecular flexibility index (Phi) is 5.61. The molecule has 0 aliphatic rings. The van der Waals surface area contributed by atoms with Crippen molar-refractivity contribution in [3.8, 4) is 0 Å². The van der Waals surface area contributed by atoms with E-state index in [1.54, 1.807) is 0 Å². The number of carboxylic acids is 1. The average molecular weight is 168 g/mol. The summed E-state index contributed by atoms with van der Waals surface area (Å²) in [6.45, 7) is 3.03. The summed E-state index contributed by atoms with van der Waals surface area (Å²) in [5.74, 6) is -0.734. The normalized spacial score (nSPS) is 10.3. The first-order valence-corrected chi connectivity index (χ1v) is 3.02. The van der Waals surface area contributed by atoms with E-state index >= 15 is 0 Å². The zero-order chi connectivity index (χ0) is 7.49. The van der Waals surface area contributed by atoms with Gasteiger partial charge in [-0.25, -0.2) is 4.79 Å². The number of hydrogen-bond donors (Lipinski definition) is 1. The van der Waals surface area contributed by atoms with Gasteiger partial charge < -0.3 is 22.0 Å². The highest BCUT2D eigenvalue weighted by Gasteiger charge is 2.15. The van der Waals surface area contributed by atoms with Crippen LogP contribution in [0, 0.1) is 0 Å². The van der Waals surface area contributed by atoms with Gasteiger partial charge in [0.1, 0.15) is 0 Å². The van der Waals surface area contributed by atoms with Gasteiger partial charge in [-0.2, -0.15) is 0 Å². The molecule has 0 bridgehead atoms. The lowest BCUT2D eigenvalue weighted by atomic mass is 10.4. The Hall–Kier alpha value is -0.280. The minimum Gasteiger partial charge on any atom is -1.00 e. The number of carboxylic acid groups (broad SMARTS) is 1. The fourth-order valence-electron chi connectivity index (χ4n) is 0.478. The molecule has 0 aromatic heterocycles. The van der Waals surface area contributed by atoms with Gasteiger partial charge in [0.2, 0.25) is 0 Å². The Morgan fingerprint density at radius 1 is 1.50 bits per heavy atom. The molecule has 62 valence electrons. The number of halogens is 1. The number of rotatable bonds is 3. The van der Waals surface area contributed by atoms with Crippen molar-refractivity contribution in [2.24, 2.45) is 0 Å². The van der Waals surface area contributed by atoms with Gasteiger partial charge >= 0.3 is 5.97 Å². The minimum absolute atomic E-state index is 0. The standard InChI is InChI=1S/C6H13NO2.ClH/c1-4-7(2,3)5-6(8)9;/h4-5H2,1-3H3;1H. The van der Waals surface area contributed by atoms with Crippen molar-refractivity contribution in [2.45, 2.75) is 6.92 Å². The number of quaternary nitrogens is 1. The van der Waals surface area contributed by atoms with Crippen molar-refractivity contribution in [1.29, 1.82) is 0 Å². The molecule has 0 spiro atoms. The number of carbonyl (C=O) groups is 1. The second-order valence-corrected chi connectivity index (χ2v) is 2.80. The average Bonchev–Trinajstić information content (AvgIpc) is 1.63. The zero-order valence-corrected chi connectivity index (χ0v) is 7.35. The maximum atomic E-state index is 10.2. The second kappa shape index (κ2) is 4.52. The van der Waals surface area contributed by atoms with Crippen LogP contribution in [0.25, 0.3) is 0 Å². The van der Waals surface area contributed by atoms with E-state index in [9.17, 15) is 4.79 Å². The summed E-state index contributed by atoms with van der Waals surface area (Å²) in [5.41, 5.74) is 0. The van der Waals surface area contributed by atoms with E-state index in [4.69, 9.17) is 5.11 Å². The maximum absolute atomic E-state index is 10.2. The van der Waals surface area contributed by atoms with E-state index in [2.05, 4.69) is 0 Å². The lowest BCUT2D eigenvalue weighted by Gasteiger charge is -2.25. The third kappa shape index (κ3) is 5.85. The van der Waals surface area contributed by atoms with Gasteiger partial charge in [0, 0.05) is 0 Å².